The molecule has 0 aliphatic heterocycles. The second-order valence-corrected chi connectivity index (χ2v) is 15.0. The molecule has 56 heavy (non-hydrogen) atoms. The van der Waals surface area contributed by atoms with Crippen molar-refractivity contribution in [3.63, 3.8) is 0 Å². The van der Waals surface area contributed by atoms with Crippen molar-refractivity contribution in [3.8, 4) is 5.75 Å². The molecule has 10 nitrogen and oxygen atoms in total. The predicted molar refractivity (Wildman–Crippen MR) is 225 cm³/mol. The molecular formula is C46H75NO9. The van der Waals surface area contributed by atoms with Gasteiger partial charge in [-0.15, -0.1) is 0 Å². The molecule has 0 aromatic heterocycles. The second-order valence-electron chi connectivity index (χ2n) is 15.0. The topological polar surface area (TPSA) is 131 Å². The van der Waals surface area contributed by atoms with Crippen molar-refractivity contribution in [2.75, 3.05) is 13.2 Å². The number of unbranched alkanes of at least 4 members (excludes halogenated alkanes) is 15. The van der Waals surface area contributed by atoms with E-state index in [0.29, 0.717) is 19.3 Å². The first-order chi connectivity index (χ1) is 27.3. The number of ether oxygens (including phenoxy) is 4. The number of rotatable bonds is 36. The molecule has 1 aromatic rings. The monoisotopic (exact) mass is 786 g/mol. The van der Waals surface area contributed by atoms with Crippen LogP contribution < -0.4 is 4.74 Å². The van der Waals surface area contributed by atoms with Crippen LogP contribution in [0.25, 0.3) is 0 Å². The van der Waals surface area contributed by atoms with E-state index in [1.807, 2.05) is 0 Å². The summed E-state index contributed by atoms with van der Waals surface area (Å²) in [5.74, 6) is -0.366. The zero-order valence-corrected chi connectivity index (χ0v) is 35.2. The van der Waals surface area contributed by atoms with Gasteiger partial charge in [0.1, 0.15) is 18.5 Å². The SMILES string of the molecule is CCCCC/C=C\C/C=C\CCCCCCCC(=O)OCC(CCCCCCCCC(=O)OC(CCCC)CCCC)COC(=O)Oc1ccc([N+](=O)[O-])cc1. The minimum atomic E-state index is -0.916. The van der Waals surface area contributed by atoms with Crippen LogP contribution in [0, 0.1) is 16.0 Å². The molecule has 0 radical (unpaired) electrons. The summed E-state index contributed by atoms with van der Waals surface area (Å²) in [5, 5.41) is 10.9. The summed E-state index contributed by atoms with van der Waals surface area (Å²) in [5.41, 5.74) is -0.108. The van der Waals surface area contributed by atoms with E-state index < -0.39 is 11.1 Å². The smallest absolute Gasteiger partial charge is 0.465 e. The molecule has 0 aliphatic carbocycles. The Morgan fingerprint density at radius 3 is 1.71 bits per heavy atom. The first-order valence-electron chi connectivity index (χ1n) is 22.0. The zero-order chi connectivity index (χ0) is 40.9. The normalized spacial score (nSPS) is 12.0. The van der Waals surface area contributed by atoms with Gasteiger partial charge >= 0.3 is 18.1 Å². The van der Waals surface area contributed by atoms with Crippen molar-refractivity contribution in [1.82, 2.24) is 0 Å². The van der Waals surface area contributed by atoms with Crippen LogP contribution in [-0.4, -0.2) is 42.3 Å². The van der Waals surface area contributed by atoms with E-state index >= 15 is 0 Å². The summed E-state index contributed by atoms with van der Waals surface area (Å²) in [7, 11) is 0. The largest absolute Gasteiger partial charge is 0.513 e. The van der Waals surface area contributed by atoms with Gasteiger partial charge in [0.05, 0.1) is 11.5 Å². The Morgan fingerprint density at radius 1 is 0.607 bits per heavy atom. The summed E-state index contributed by atoms with van der Waals surface area (Å²) < 4.78 is 21.9. The summed E-state index contributed by atoms with van der Waals surface area (Å²) in [6.45, 7) is 6.73. The van der Waals surface area contributed by atoms with E-state index in [9.17, 15) is 24.5 Å². The van der Waals surface area contributed by atoms with Gasteiger partial charge in [0.15, 0.2) is 0 Å². The van der Waals surface area contributed by atoms with Crippen molar-refractivity contribution in [2.45, 2.75) is 194 Å². The first kappa shape index (κ1) is 50.3. The van der Waals surface area contributed by atoms with Gasteiger partial charge in [0.25, 0.3) is 5.69 Å². The molecule has 1 atom stereocenters. The van der Waals surface area contributed by atoms with Gasteiger partial charge in [-0.2, -0.15) is 0 Å². The lowest BCUT2D eigenvalue weighted by Gasteiger charge is -2.17. The van der Waals surface area contributed by atoms with Crippen LogP contribution in [0.5, 0.6) is 5.75 Å². The number of allylic oxidation sites excluding steroid dienone is 4. The number of nitrogens with zero attached hydrogens (tertiary/aromatic N) is 1. The Hall–Kier alpha value is -3.69. The third-order valence-corrected chi connectivity index (χ3v) is 9.80. The van der Waals surface area contributed by atoms with Crippen LogP contribution in [0.15, 0.2) is 48.6 Å². The third-order valence-electron chi connectivity index (χ3n) is 9.80. The first-order valence-corrected chi connectivity index (χ1v) is 22.0. The average molecular weight is 786 g/mol. The molecule has 0 saturated heterocycles. The van der Waals surface area contributed by atoms with E-state index in [0.717, 1.165) is 122 Å². The van der Waals surface area contributed by atoms with Crippen molar-refractivity contribution >= 4 is 23.8 Å². The average Bonchev–Trinajstić information content (AvgIpc) is 3.19. The van der Waals surface area contributed by atoms with Gasteiger partial charge in [-0.05, 0) is 76.3 Å². The maximum Gasteiger partial charge on any atom is 0.513 e. The van der Waals surface area contributed by atoms with Crippen LogP contribution in [0.3, 0.4) is 0 Å². The fourth-order valence-electron chi connectivity index (χ4n) is 6.31. The third kappa shape index (κ3) is 29.6. The summed E-state index contributed by atoms with van der Waals surface area (Å²) in [4.78, 5) is 47.7. The summed E-state index contributed by atoms with van der Waals surface area (Å²) >= 11 is 0. The number of nitro groups is 1. The quantitative estimate of drug-likeness (QED) is 0.0124. The molecule has 0 aliphatic rings. The highest BCUT2D eigenvalue weighted by molar-refractivity contribution is 5.69. The molecule has 1 rings (SSSR count). The summed E-state index contributed by atoms with van der Waals surface area (Å²) in [6, 6.07) is 5.19. The van der Waals surface area contributed by atoms with E-state index in [1.165, 1.54) is 49.9 Å². The Kier molecular flexibility index (Phi) is 32.1. The van der Waals surface area contributed by atoms with Crippen LogP contribution >= 0.6 is 0 Å². The van der Waals surface area contributed by atoms with Gasteiger partial charge in [-0.25, -0.2) is 4.79 Å². The molecule has 10 heteroatoms. The number of non-ortho nitro benzene ring substituents is 1. The molecule has 0 bridgehead atoms. The van der Waals surface area contributed by atoms with Crippen LogP contribution in [0.1, 0.15) is 188 Å². The fraction of sp³-hybridized carbons (Fsp3) is 0.717. The van der Waals surface area contributed by atoms with Gasteiger partial charge in [-0.1, -0.05) is 135 Å². The maximum atomic E-state index is 12.6. The van der Waals surface area contributed by atoms with Crippen molar-refractivity contribution < 1.29 is 38.3 Å². The number of hydrogen-bond acceptors (Lipinski definition) is 9. The minimum Gasteiger partial charge on any atom is -0.465 e. The van der Waals surface area contributed by atoms with Crippen LogP contribution in [0.4, 0.5) is 10.5 Å². The van der Waals surface area contributed by atoms with Crippen molar-refractivity contribution in [1.29, 1.82) is 0 Å². The van der Waals surface area contributed by atoms with Gasteiger partial charge in [0.2, 0.25) is 0 Å². The Balaban J connectivity index is 2.38. The molecule has 0 N–H and O–H groups in total. The maximum absolute atomic E-state index is 12.6. The molecule has 0 fully saturated rings. The summed E-state index contributed by atoms with van der Waals surface area (Å²) in [6.07, 6.45) is 34.0. The van der Waals surface area contributed by atoms with E-state index in [-0.39, 0.29) is 48.6 Å². The Morgan fingerprint density at radius 2 is 1.12 bits per heavy atom. The molecule has 1 unspecified atom stereocenters. The molecular weight excluding hydrogens is 711 g/mol. The van der Waals surface area contributed by atoms with E-state index in [1.54, 1.807) is 0 Å². The van der Waals surface area contributed by atoms with Gasteiger partial charge in [0, 0.05) is 30.9 Å². The predicted octanol–water partition coefficient (Wildman–Crippen LogP) is 13.5. The Labute approximate surface area is 338 Å². The molecule has 0 amide bonds. The lowest BCUT2D eigenvalue weighted by Crippen LogP contribution is -2.22. The highest BCUT2D eigenvalue weighted by Gasteiger charge is 2.17. The highest BCUT2D eigenvalue weighted by Crippen LogP contribution is 2.20. The van der Waals surface area contributed by atoms with E-state index in [4.69, 9.17) is 18.9 Å². The van der Waals surface area contributed by atoms with Crippen LogP contribution in [-0.2, 0) is 23.8 Å². The standard InChI is InChI=1S/C46H75NO9/c1-4-7-10-11-12-13-14-15-16-17-18-19-20-24-27-32-44(48)53-38-40(39-54-46(50)56-43-36-34-41(35-37-43)47(51)52)29-26-23-21-22-25-28-33-45(49)55-42(30-8-5-2)31-9-6-3/h12-13,15-16,34-37,40,42H,4-11,14,17-33,38-39H2,1-3H3/b13-12-,16-15-. The fourth-order valence-corrected chi connectivity index (χ4v) is 6.31. The molecule has 0 heterocycles. The lowest BCUT2D eigenvalue weighted by atomic mass is 10.0. The number of carbonyl (C=O) groups excluding carboxylic acids is 3. The highest BCUT2D eigenvalue weighted by atomic mass is 16.7. The molecule has 0 spiro atoms. The van der Waals surface area contributed by atoms with Crippen molar-refractivity contribution in [3.05, 3.63) is 58.7 Å². The molecule has 318 valence electrons. The minimum absolute atomic E-state index is 0.0302. The molecule has 0 saturated carbocycles. The van der Waals surface area contributed by atoms with Crippen LogP contribution in [0.2, 0.25) is 0 Å². The van der Waals surface area contributed by atoms with Gasteiger partial charge in [-0.3, -0.25) is 19.7 Å². The van der Waals surface area contributed by atoms with Gasteiger partial charge < -0.3 is 18.9 Å². The number of hydrogen-bond donors (Lipinski definition) is 0. The number of esters is 2. The van der Waals surface area contributed by atoms with E-state index in [2.05, 4.69) is 45.1 Å². The number of benzene rings is 1. The Bertz CT molecular complexity index is 1210. The molecule has 1 aromatic carbocycles. The van der Waals surface area contributed by atoms with Crippen molar-refractivity contribution in [2.24, 2.45) is 5.92 Å². The zero-order valence-electron chi connectivity index (χ0n) is 35.2. The number of carbonyl (C=O) groups is 3. The lowest BCUT2D eigenvalue weighted by molar-refractivity contribution is -0.384. The number of nitro benzene ring substituents is 1. The second kappa shape index (κ2) is 35.7.